The predicted molar refractivity (Wildman–Crippen MR) is 97.7 cm³/mol. The molecule has 0 aliphatic carbocycles. The molecule has 1 aliphatic heterocycles. The van der Waals surface area contributed by atoms with Gasteiger partial charge in [0.25, 0.3) is 5.91 Å². The summed E-state index contributed by atoms with van der Waals surface area (Å²) in [5, 5.41) is 3.07. The van der Waals surface area contributed by atoms with Crippen LogP contribution in [0.3, 0.4) is 0 Å². The molecule has 1 aliphatic rings. The van der Waals surface area contributed by atoms with Gasteiger partial charge in [0, 0.05) is 18.9 Å². The molecule has 1 unspecified atom stereocenters. The first-order valence-corrected chi connectivity index (χ1v) is 8.84. The molecule has 1 N–H and O–H groups in total. The Balaban J connectivity index is 1.75. The minimum atomic E-state index is -0.0852. The van der Waals surface area contributed by atoms with Crippen molar-refractivity contribution in [2.75, 3.05) is 26.7 Å². The molecule has 0 spiro atoms. The first-order valence-electron chi connectivity index (χ1n) is 8.84. The Labute approximate surface area is 149 Å². The highest BCUT2D eigenvalue weighted by Crippen LogP contribution is 2.26. The third-order valence-corrected chi connectivity index (χ3v) is 4.69. The number of pyridine rings is 1. The van der Waals surface area contributed by atoms with Gasteiger partial charge in [-0.05, 0) is 55.8 Å². The van der Waals surface area contributed by atoms with E-state index in [-0.39, 0.29) is 11.9 Å². The third kappa shape index (κ3) is 4.57. The van der Waals surface area contributed by atoms with Gasteiger partial charge < -0.3 is 10.1 Å². The maximum Gasteiger partial charge on any atom is 0.252 e. The summed E-state index contributed by atoms with van der Waals surface area (Å²) >= 11 is 0. The van der Waals surface area contributed by atoms with Crippen LogP contribution in [0.5, 0.6) is 5.75 Å². The van der Waals surface area contributed by atoms with Crippen molar-refractivity contribution in [3.63, 3.8) is 0 Å². The summed E-state index contributed by atoms with van der Waals surface area (Å²) in [5.41, 5.74) is 1.76. The maximum atomic E-state index is 12.4. The summed E-state index contributed by atoms with van der Waals surface area (Å²) in [6, 6.07) is 11.8. The normalized spacial score (nSPS) is 16.2. The van der Waals surface area contributed by atoms with Gasteiger partial charge in [0.15, 0.2) is 0 Å². The molecule has 1 fully saturated rings. The number of hydrogen-bond acceptors (Lipinski definition) is 4. The molecule has 25 heavy (non-hydrogen) atoms. The second kappa shape index (κ2) is 8.62. The van der Waals surface area contributed by atoms with Gasteiger partial charge in [0.2, 0.25) is 0 Å². The van der Waals surface area contributed by atoms with Gasteiger partial charge in [-0.1, -0.05) is 18.6 Å². The topological polar surface area (TPSA) is 54.5 Å². The molecule has 5 heteroatoms. The highest BCUT2D eigenvalue weighted by atomic mass is 16.5. The molecule has 3 rings (SSSR count). The van der Waals surface area contributed by atoms with Crippen LogP contribution >= 0.6 is 0 Å². The lowest BCUT2D eigenvalue weighted by molar-refractivity contribution is 0.0924. The number of aromatic nitrogens is 1. The van der Waals surface area contributed by atoms with E-state index in [9.17, 15) is 4.79 Å². The fourth-order valence-electron chi connectivity index (χ4n) is 3.33. The van der Waals surface area contributed by atoms with Gasteiger partial charge in [-0.15, -0.1) is 0 Å². The van der Waals surface area contributed by atoms with Gasteiger partial charge in [-0.3, -0.25) is 14.7 Å². The van der Waals surface area contributed by atoms with Gasteiger partial charge >= 0.3 is 0 Å². The van der Waals surface area contributed by atoms with Crippen LogP contribution < -0.4 is 10.1 Å². The number of carbonyl (C=O) groups is 1. The molecule has 2 aromatic rings. The number of methoxy groups -OCH3 is 1. The van der Waals surface area contributed by atoms with E-state index in [0.29, 0.717) is 12.1 Å². The molecule has 1 atom stereocenters. The van der Waals surface area contributed by atoms with Crippen LogP contribution in [-0.4, -0.2) is 42.5 Å². The highest BCUT2D eigenvalue weighted by Gasteiger charge is 2.23. The Morgan fingerprint density at radius 1 is 1.24 bits per heavy atom. The first kappa shape index (κ1) is 17.4. The third-order valence-electron chi connectivity index (χ3n) is 4.69. The summed E-state index contributed by atoms with van der Waals surface area (Å²) in [6.07, 6.45) is 6.96. The summed E-state index contributed by atoms with van der Waals surface area (Å²) in [5.74, 6) is 0.760. The zero-order chi connectivity index (χ0) is 17.5. The smallest absolute Gasteiger partial charge is 0.252 e. The summed E-state index contributed by atoms with van der Waals surface area (Å²) in [4.78, 5) is 18.9. The Morgan fingerprint density at radius 3 is 2.80 bits per heavy atom. The van der Waals surface area contributed by atoms with Crippen LogP contribution in [0.25, 0.3) is 0 Å². The average molecular weight is 339 g/mol. The monoisotopic (exact) mass is 339 g/mol. The molecule has 1 saturated heterocycles. The van der Waals surface area contributed by atoms with Crippen LogP contribution in [0.4, 0.5) is 0 Å². The molecule has 1 aromatic heterocycles. The van der Waals surface area contributed by atoms with Crippen LogP contribution in [0, 0.1) is 0 Å². The Bertz CT molecular complexity index is 684. The SMILES string of the molecule is COc1cccc(C(CNC(=O)c2cccnc2)N2CCCCC2)c1. The van der Waals surface area contributed by atoms with Gasteiger partial charge in [-0.2, -0.15) is 0 Å². The molecule has 132 valence electrons. The Kier molecular flexibility index (Phi) is 6.01. The molecule has 5 nitrogen and oxygen atoms in total. The lowest BCUT2D eigenvalue weighted by atomic mass is 10.0. The van der Waals surface area contributed by atoms with Crippen molar-refractivity contribution in [2.45, 2.75) is 25.3 Å². The van der Waals surface area contributed by atoms with Crippen molar-refractivity contribution in [1.82, 2.24) is 15.2 Å². The standard InChI is InChI=1S/C20H25N3O2/c1-25-18-9-5-7-16(13-18)19(23-11-3-2-4-12-23)15-22-20(24)17-8-6-10-21-14-17/h5-10,13-14,19H,2-4,11-12,15H2,1H3,(H,22,24). The largest absolute Gasteiger partial charge is 0.497 e. The van der Waals surface area contributed by atoms with Crippen LogP contribution in [0.15, 0.2) is 48.8 Å². The number of amides is 1. The van der Waals surface area contributed by atoms with Crippen molar-refractivity contribution in [3.05, 3.63) is 59.9 Å². The number of rotatable bonds is 6. The minimum Gasteiger partial charge on any atom is -0.497 e. The molecule has 0 bridgehead atoms. The summed E-state index contributed by atoms with van der Waals surface area (Å²) in [6.45, 7) is 2.69. The van der Waals surface area contributed by atoms with Crippen molar-refractivity contribution in [1.29, 1.82) is 0 Å². The summed E-state index contributed by atoms with van der Waals surface area (Å²) in [7, 11) is 1.68. The lowest BCUT2D eigenvalue weighted by Crippen LogP contribution is -2.40. The van der Waals surface area contributed by atoms with E-state index >= 15 is 0 Å². The second-order valence-corrected chi connectivity index (χ2v) is 6.34. The number of piperidine rings is 1. The maximum absolute atomic E-state index is 12.4. The van der Waals surface area contributed by atoms with E-state index < -0.39 is 0 Å². The minimum absolute atomic E-state index is 0.0852. The van der Waals surface area contributed by atoms with E-state index in [1.165, 1.54) is 24.8 Å². The number of hydrogen-bond donors (Lipinski definition) is 1. The van der Waals surface area contributed by atoms with E-state index in [2.05, 4.69) is 27.3 Å². The van der Waals surface area contributed by atoms with Crippen molar-refractivity contribution in [3.8, 4) is 5.75 Å². The number of nitrogens with zero attached hydrogens (tertiary/aromatic N) is 2. The molecule has 1 aromatic carbocycles. The number of ether oxygens (including phenoxy) is 1. The van der Waals surface area contributed by atoms with Gasteiger partial charge in [0.05, 0.1) is 18.7 Å². The number of nitrogens with one attached hydrogen (secondary N) is 1. The van der Waals surface area contributed by atoms with Crippen LogP contribution in [-0.2, 0) is 0 Å². The zero-order valence-corrected chi connectivity index (χ0v) is 14.6. The average Bonchev–Trinajstić information content (AvgIpc) is 2.69. The number of likely N-dealkylation sites (tertiary alicyclic amines) is 1. The molecular weight excluding hydrogens is 314 g/mol. The van der Waals surface area contributed by atoms with E-state index in [1.54, 1.807) is 31.6 Å². The van der Waals surface area contributed by atoms with E-state index in [0.717, 1.165) is 18.8 Å². The molecule has 1 amide bonds. The van der Waals surface area contributed by atoms with Gasteiger partial charge in [0.1, 0.15) is 5.75 Å². The first-order chi connectivity index (χ1) is 12.3. The fraction of sp³-hybridized carbons (Fsp3) is 0.400. The summed E-state index contributed by atoms with van der Waals surface area (Å²) < 4.78 is 5.37. The van der Waals surface area contributed by atoms with E-state index in [1.807, 2.05) is 12.1 Å². The second-order valence-electron chi connectivity index (χ2n) is 6.34. The molecular formula is C20H25N3O2. The van der Waals surface area contributed by atoms with E-state index in [4.69, 9.17) is 4.74 Å². The van der Waals surface area contributed by atoms with Crippen molar-refractivity contribution in [2.24, 2.45) is 0 Å². The highest BCUT2D eigenvalue weighted by molar-refractivity contribution is 5.93. The number of carbonyl (C=O) groups excluding carboxylic acids is 1. The van der Waals surface area contributed by atoms with Crippen molar-refractivity contribution >= 4 is 5.91 Å². The quantitative estimate of drug-likeness (QED) is 0.879. The Hall–Kier alpha value is -2.40. The fourth-order valence-corrected chi connectivity index (χ4v) is 3.33. The molecule has 0 radical (unpaired) electrons. The van der Waals surface area contributed by atoms with Crippen LogP contribution in [0.2, 0.25) is 0 Å². The van der Waals surface area contributed by atoms with Crippen molar-refractivity contribution < 1.29 is 9.53 Å². The predicted octanol–water partition coefficient (Wildman–Crippen LogP) is 3.05. The Morgan fingerprint density at radius 2 is 2.08 bits per heavy atom. The lowest BCUT2D eigenvalue weighted by Gasteiger charge is -2.35. The van der Waals surface area contributed by atoms with Gasteiger partial charge in [-0.25, -0.2) is 0 Å². The zero-order valence-electron chi connectivity index (χ0n) is 14.6. The number of benzene rings is 1. The van der Waals surface area contributed by atoms with Crippen LogP contribution in [0.1, 0.15) is 41.2 Å². The molecule has 0 saturated carbocycles. The molecule has 2 heterocycles.